The van der Waals surface area contributed by atoms with Gasteiger partial charge in [-0.25, -0.2) is 0 Å². The number of aliphatic hydroxyl groups excluding tert-OH is 1. The lowest BCUT2D eigenvalue weighted by molar-refractivity contribution is -0.491. The highest BCUT2D eigenvalue weighted by atomic mass is 16.6. The summed E-state index contributed by atoms with van der Waals surface area (Å²) in [6.07, 6.45) is 1.58. The Morgan fingerprint density at radius 1 is 1.82 bits per heavy atom. The van der Waals surface area contributed by atoms with Gasteiger partial charge in [0.15, 0.2) is 0 Å². The minimum atomic E-state index is -1.07. The van der Waals surface area contributed by atoms with Gasteiger partial charge in [0, 0.05) is 10.5 Å². The maximum atomic E-state index is 9.92. The second-order valence-electron chi connectivity index (χ2n) is 2.09. The minimum Gasteiger partial charge on any atom is -0.472 e. The Hall–Kier alpha value is -1.36. The molecule has 1 aromatic rings. The van der Waals surface area contributed by atoms with Crippen molar-refractivity contribution in [3.8, 4) is 0 Å². The van der Waals surface area contributed by atoms with Gasteiger partial charge in [0.2, 0.25) is 6.54 Å². The third-order valence-electron chi connectivity index (χ3n) is 1.25. The van der Waals surface area contributed by atoms with Crippen LogP contribution < -0.4 is 0 Å². The summed E-state index contributed by atoms with van der Waals surface area (Å²) in [5.41, 5.74) is 0.432. The fourth-order valence-electron chi connectivity index (χ4n) is 0.711. The summed E-state index contributed by atoms with van der Waals surface area (Å²) in [4.78, 5) is 9.35. The van der Waals surface area contributed by atoms with E-state index in [-0.39, 0.29) is 0 Å². The van der Waals surface area contributed by atoms with Crippen LogP contribution in [-0.2, 0) is 0 Å². The Kier molecular flexibility index (Phi) is 2.22. The molecule has 0 radical (unpaired) electrons. The van der Waals surface area contributed by atoms with Crippen molar-refractivity contribution in [3.05, 3.63) is 34.3 Å². The molecule has 1 unspecified atom stereocenters. The molecule has 1 aromatic heterocycles. The molecule has 60 valence electrons. The molecule has 0 bridgehead atoms. The molecule has 0 fully saturated rings. The van der Waals surface area contributed by atoms with Crippen LogP contribution >= 0.6 is 0 Å². The predicted octanol–water partition coefficient (Wildman–Crippen LogP) is 0.590. The molecule has 5 heteroatoms. The van der Waals surface area contributed by atoms with Gasteiger partial charge in [0.05, 0.1) is 12.5 Å². The average molecular weight is 157 g/mol. The Bertz CT molecular complexity index is 231. The minimum absolute atomic E-state index is 0.432. The van der Waals surface area contributed by atoms with Crippen LogP contribution in [0.3, 0.4) is 0 Å². The van der Waals surface area contributed by atoms with Crippen LogP contribution in [0.4, 0.5) is 0 Å². The average Bonchev–Trinajstić information content (AvgIpc) is 2.35. The fourth-order valence-corrected chi connectivity index (χ4v) is 0.711. The van der Waals surface area contributed by atoms with Crippen molar-refractivity contribution in [1.29, 1.82) is 0 Å². The van der Waals surface area contributed by atoms with Crippen molar-refractivity contribution in [2.45, 2.75) is 6.10 Å². The Labute approximate surface area is 62.4 Å². The second kappa shape index (κ2) is 3.16. The smallest absolute Gasteiger partial charge is 0.233 e. The van der Waals surface area contributed by atoms with Gasteiger partial charge in [-0.15, -0.1) is 0 Å². The molecule has 0 amide bonds. The van der Waals surface area contributed by atoms with Crippen molar-refractivity contribution >= 4 is 0 Å². The van der Waals surface area contributed by atoms with E-state index >= 15 is 0 Å². The molecule has 0 saturated heterocycles. The first-order valence-electron chi connectivity index (χ1n) is 3.02. The summed E-state index contributed by atoms with van der Waals surface area (Å²) in [6.45, 7) is -0.487. The van der Waals surface area contributed by atoms with Gasteiger partial charge >= 0.3 is 0 Å². The molecule has 0 saturated carbocycles. The van der Waals surface area contributed by atoms with Crippen molar-refractivity contribution < 1.29 is 14.4 Å². The molecule has 5 nitrogen and oxygen atoms in total. The normalized spacial score (nSPS) is 12.8. The van der Waals surface area contributed by atoms with E-state index in [0.29, 0.717) is 5.56 Å². The molecule has 0 aromatic carbocycles. The van der Waals surface area contributed by atoms with E-state index in [1.807, 2.05) is 0 Å². The Morgan fingerprint density at radius 2 is 2.55 bits per heavy atom. The summed E-state index contributed by atoms with van der Waals surface area (Å²) >= 11 is 0. The summed E-state index contributed by atoms with van der Waals surface area (Å²) in [6, 6.07) is 1.49. The van der Waals surface area contributed by atoms with E-state index in [2.05, 4.69) is 4.42 Å². The largest absolute Gasteiger partial charge is 0.472 e. The van der Waals surface area contributed by atoms with Crippen molar-refractivity contribution in [3.63, 3.8) is 0 Å². The quantitative estimate of drug-likeness (QED) is 0.514. The van der Waals surface area contributed by atoms with E-state index < -0.39 is 17.6 Å². The van der Waals surface area contributed by atoms with E-state index in [1.165, 1.54) is 18.6 Å². The first kappa shape index (κ1) is 7.74. The third-order valence-corrected chi connectivity index (χ3v) is 1.25. The number of nitro groups is 1. The summed E-state index contributed by atoms with van der Waals surface area (Å²) in [7, 11) is 0. The zero-order chi connectivity index (χ0) is 8.27. The van der Waals surface area contributed by atoms with Crippen molar-refractivity contribution in [1.82, 2.24) is 0 Å². The Morgan fingerprint density at radius 3 is 3.00 bits per heavy atom. The maximum absolute atomic E-state index is 9.92. The molecular formula is C6H7NO4. The van der Waals surface area contributed by atoms with E-state index in [4.69, 9.17) is 5.11 Å². The standard InChI is InChI=1S/C6H7NO4/c8-6(3-7(9)10)5-1-2-11-4-5/h1-2,4,6,8H,3H2. The van der Waals surface area contributed by atoms with Gasteiger partial charge < -0.3 is 9.52 Å². The van der Waals surface area contributed by atoms with Crippen LogP contribution in [0.1, 0.15) is 11.7 Å². The SMILES string of the molecule is O=[N+]([O-])CC(O)c1ccoc1. The lowest BCUT2D eigenvalue weighted by Crippen LogP contribution is -2.10. The van der Waals surface area contributed by atoms with Crippen LogP contribution in [0.15, 0.2) is 23.0 Å². The highest BCUT2D eigenvalue weighted by Crippen LogP contribution is 2.12. The van der Waals surface area contributed by atoms with Crippen molar-refractivity contribution in [2.75, 3.05) is 6.54 Å². The maximum Gasteiger partial charge on any atom is 0.233 e. The molecule has 1 N–H and O–H groups in total. The number of nitrogens with zero attached hydrogens (tertiary/aromatic N) is 1. The first-order valence-corrected chi connectivity index (χ1v) is 3.02. The predicted molar refractivity (Wildman–Crippen MR) is 35.5 cm³/mol. The lowest BCUT2D eigenvalue weighted by atomic mass is 10.2. The summed E-state index contributed by atoms with van der Waals surface area (Å²) in [5.74, 6) is 0. The zero-order valence-electron chi connectivity index (χ0n) is 5.64. The topological polar surface area (TPSA) is 76.5 Å². The number of hydrogen-bond acceptors (Lipinski definition) is 4. The molecule has 11 heavy (non-hydrogen) atoms. The van der Waals surface area contributed by atoms with Crippen LogP contribution in [-0.4, -0.2) is 16.6 Å². The number of rotatable bonds is 3. The molecule has 0 spiro atoms. The van der Waals surface area contributed by atoms with E-state index in [0.717, 1.165) is 0 Å². The van der Waals surface area contributed by atoms with Crippen LogP contribution in [0.2, 0.25) is 0 Å². The highest BCUT2D eigenvalue weighted by molar-refractivity contribution is 5.08. The zero-order valence-corrected chi connectivity index (χ0v) is 5.64. The third kappa shape index (κ3) is 2.05. The van der Waals surface area contributed by atoms with Gasteiger partial charge in [0.1, 0.15) is 6.10 Å². The molecule has 1 heterocycles. The second-order valence-corrected chi connectivity index (χ2v) is 2.09. The number of aliphatic hydroxyl groups is 1. The van der Waals surface area contributed by atoms with Gasteiger partial charge in [-0.05, 0) is 6.07 Å². The van der Waals surface area contributed by atoms with Crippen molar-refractivity contribution in [2.24, 2.45) is 0 Å². The highest BCUT2D eigenvalue weighted by Gasteiger charge is 2.14. The molecule has 1 rings (SSSR count). The van der Waals surface area contributed by atoms with Crippen LogP contribution in [0, 0.1) is 10.1 Å². The number of hydrogen-bond donors (Lipinski definition) is 1. The first-order chi connectivity index (χ1) is 5.20. The number of furan rings is 1. The van der Waals surface area contributed by atoms with Gasteiger partial charge in [-0.3, -0.25) is 10.1 Å². The Balaban J connectivity index is 2.56. The van der Waals surface area contributed by atoms with Gasteiger partial charge in [-0.2, -0.15) is 0 Å². The lowest BCUT2D eigenvalue weighted by Gasteiger charge is -1.99. The molecular weight excluding hydrogens is 150 g/mol. The van der Waals surface area contributed by atoms with E-state index in [1.54, 1.807) is 0 Å². The van der Waals surface area contributed by atoms with Crippen LogP contribution in [0.5, 0.6) is 0 Å². The van der Waals surface area contributed by atoms with Gasteiger partial charge in [0.25, 0.3) is 0 Å². The molecule has 0 aliphatic heterocycles. The van der Waals surface area contributed by atoms with E-state index in [9.17, 15) is 10.1 Å². The molecule has 0 aliphatic carbocycles. The molecule has 1 atom stereocenters. The van der Waals surface area contributed by atoms with Crippen LogP contribution in [0.25, 0.3) is 0 Å². The van der Waals surface area contributed by atoms with Gasteiger partial charge in [-0.1, -0.05) is 0 Å². The summed E-state index contributed by atoms with van der Waals surface area (Å²) < 4.78 is 4.63. The summed E-state index contributed by atoms with van der Waals surface area (Å²) in [5, 5.41) is 19.0. The molecule has 0 aliphatic rings. The monoisotopic (exact) mass is 157 g/mol. The fraction of sp³-hybridized carbons (Fsp3) is 0.333.